The lowest BCUT2D eigenvalue weighted by atomic mass is 10.1. The summed E-state index contributed by atoms with van der Waals surface area (Å²) in [5.41, 5.74) is 2.04. The van der Waals surface area contributed by atoms with Gasteiger partial charge >= 0.3 is 0 Å². The third-order valence-electron chi connectivity index (χ3n) is 4.57. The van der Waals surface area contributed by atoms with Crippen molar-refractivity contribution in [1.82, 2.24) is 5.32 Å². The Labute approximate surface area is 154 Å². The largest absolute Gasteiger partial charge is 0.497 e. The van der Waals surface area contributed by atoms with E-state index in [0.717, 1.165) is 18.5 Å². The van der Waals surface area contributed by atoms with Crippen LogP contribution in [0.3, 0.4) is 0 Å². The maximum atomic E-state index is 12.3. The number of benzene rings is 2. The van der Waals surface area contributed by atoms with Gasteiger partial charge < -0.3 is 15.0 Å². The van der Waals surface area contributed by atoms with Gasteiger partial charge in [-0.15, -0.1) is 0 Å². The number of hydrogen-bond donors (Lipinski definition) is 1. The van der Waals surface area contributed by atoms with Crippen LogP contribution in [0.1, 0.15) is 24.8 Å². The van der Waals surface area contributed by atoms with Gasteiger partial charge in [0.1, 0.15) is 5.75 Å². The lowest BCUT2D eigenvalue weighted by Gasteiger charge is -2.18. The number of ether oxygens (including phenoxy) is 1. The van der Waals surface area contributed by atoms with E-state index in [2.05, 4.69) is 17.4 Å². The van der Waals surface area contributed by atoms with E-state index in [0.29, 0.717) is 25.1 Å². The Balaban J connectivity index is 1.48. The van der Waals surface area contributed by atoms with Crippen LogP contribution in [0.25, 0.3) is 0 Å². The van der Waals surface area contributed by atoms with Crippen LogP contribution in [0.15, 0.2) is 54.6 Å². The SMILES string of the molecule is COc1cccc(N2C[C@H](NC(=O)CCCc3ccccc3)CC2=O)c1. The summed E-state index contributed by atoms with van der Waals surface area (Å²) in [7, 11) is 1.60. The van der Waals surface area contributed by atoms with Crippen molar-refractivity contribution in [3.8, 4) is 5.75 Å². The zero-order valence-electron chi connectivity index (χ0n) is 15.0. The first kappa shape index (κ1) is 18.0. The molecule has 1 aliphatic heterocycles. The van der Waals surface area contributed by atoms with E-state index in [1.165, 1.54) is 5.56 Å². The molecule has 2 aromatic carbocycles. The molecule has 0 bridgehead atoms. The first-order chi connectivity index (χ1) is 12.7. The molecule has 2 amide bonds. The molecule has 136 valence electrons. The van der Waals surface area contributed by atoms with Crippen molar-refractivity contribution in [2.24, 2.45) is 0 Å². The fourth-order valence-electron chi connectivity index (χ4n) is 3.23. The Hall–Kier alpha value is -2.82. The second-order valence-electron chi connectivity index (χ2n) is 6.51. The van der Waals surface area contributed by atoms with E-state index in [4.69, 9.17) is 4.74 Å². The third-order valence-corrected chi connectivity index (χ3v) is 4.57. The van der Waals surface area contributed by atoms with E-state index >= 15 is 0 Å². The Morgan fingerprint density at radius 2 is 2.00 bits per heavy atom. The zero-order chi connectivity index (χ0) is 18.4. The zero-order valence-corrected chi connectivity index (χ0v) is 15.0. The van der Waals surface area contributed by atoms with Gasteiger partial charge in [-0.2, -0.15) is 0 Å². The van der Waals surface area contributed by atoms with E-state index in [-0.39, 0.29) is 17.9 Å². The number of amides is 2. The number of methoxy groups -OCH3 is 1. The minimum Gasteiger partial charge on any atom is -0.497 e. The first-order valence-corrected chi connectivity index (χ1v) is 8.93. The van der Waals surface area contributed by atoms with Gasteiger partial charge in [0.15, 0.2) is 0 Å². The summed E-state index contributed by atoms with van der Waals surface area (Å²) >= 11 is 0. The van der Waals surface area contributed by atoms with Gasteiger partial charge in [0.05, 0.1) is 13.2 Å². The number of hydrogen-bond acceptors (Lipinski definition) is 3. The summed E-state index contributed by atoms with van der Waals surface area (Å²) in [4.78, 5) is 26.2. The van der Waals surface area contributed by atoms with Crippen molar-refractivity contribution >= 4 is 17.5 Å². The summed E-state index contributed by atoms with van der Waals surface area (Å²) in [5.74, 6) is 0.739. The summed E-state index contributed by atoms with van der Waals surface area (Å²) in [5, 5.41) is 2.99. The third kappa shape index (κ3) is 4.63. The molecule has 5 heteroatoms. The molecule has 1 fully saturated rings. The van der Waals surface area contributed by atoms with Gasteiger partial charge in [-0.05, 0) is 30.5 Å². The van der Waals surface area contributed by atoms with Gasteiger partial charge in [-0.25, -0.2) is 0 Å². The lowest BCUT2D eigenvalue weighted by Crippen LogP contribution is -2.37. The molecule has 3 rings (SSSR count). The van der Waals surface area contributed by atoms with Gasteiger partial charge in [-0.1, -0.05) is 36.4 Å². The van der Waals surface area contributed by atoms with Gasteiger partial charge in [0.2, 0.25) is 11.8 Å². The van der Waals surface area contributed by atoms with Crippen molar-refractivity contribution in [2.45, 2.75) is 31.7 Å². The summed E-state index contributed by atoms with van der Waals surface area (Å²) in [6.07, 6.45) is 2.49. The number of nitrogens with one attached hydrogen (secondary N) is 1. The summed E-state index contributed by atoms with van der Waals surface area (Å²) < 4.78 is 5.21. The first-order valence-electron chi connectivity index (χ1n) is 8.93. The molecule has 1 N–H and O–H groups in total. The molecule has 1 atom stereocenters. The molecular weight excluding hydrogens is 328 g/mol. The van der Waals surface area contributed by atoms with E-state index in [1.807, 2.05) is 42.5 Å². The van der Waals surface area contributed by atoms with Gasteiger partial charge in [-0.3, -0.25) is 9.59 Å². The average molecular weight is 352 g/mol. The molecule has 0 spiro atoms. The molecule has 2 aromatic rings. The molecule has 5 nitrogen and oxygen atoms in total. The highest BCUT2D eigenvalue weighted by Gasteiger charge is 2.31. The van der Waals surface area contributed by atoms with E-state index in [1.54, 1.807) is 12.0 Å². The predicted molar refractivity (Wildman–Crippen MR) is 101 cm³/mol. The van der Waals surface area contributed by atoms with Gasteiger partial charge in [0.25, 0.3) is 0 Å². The second kappa shape index (κ2) is 8.52. The highest BCUT2D eigenvalue weighted by atomic mass is 16.5. The minimum atomic E-state index is -0.141. The number of carbonyl (C=O) groups excluding carboxylic acids is 2. The molecule has 1 aliphatic rings. The summed E-state index contributed by atoms with van der Waals surface area (Å²) in [6.45, 7) is 0.496. The van der Waals surface area contributed by atoms with Crippen molar-refractivity contribution in [2.75, 3.05) is 18.6 Å². The molecule has 1 saturated heterocycles. The Morgan fingerprint density at radius 1 is 1.19 bits per heavy atom. The molecule has 0 aromatic heterocycles. The molecular formula is C21H24N2O3. The topological polar surface area (TPSA) is 58.6 Å². The molecule has 0 aliphatic carbocycles. The Bertz CT molecular complexity index is 761. The van der Waals surface area contributed by atoms with Gasteiger partial charge in [0, 0.05) is 31.1 Å². The maximum Gasteiger partial charge on any atom is 0.229 e. The molecule has 0 unspecified atom stereocenters. The van der Waals surface area contributed by atoms with Crippen molar-refractivity contribution in [1.29, 1.82) is 0 Å². The fraction of sp³-hybridized carbons (Fsp3) is 0.333. The van der Waals surface area contributed by atoms with Crippen LogP contribution < -0.4 is 15.0 Å². The standard InChI is InChI=1S/C21H24N2O3/c1-26-19-11-6-10-18(14-19)23-15-17(13-21(23)25)22-20(24)12-5-9-16-7-3-2-4-8-16/h2-4,6-8,10-11,14,17H,5,9,12-13,15H2,1H3,(H,22,24)/t17-/m1/s1. The molecule has 0 radical (unpaired) electrons. The smallest absolute Gasteiger partial charge is 0.229 e. The van der Waals surface area contributed by atoms with Crippen LogP contribution in [0.4, 0.5) is 5.69 Å². The number of rotatable bonds is 7. The van der Waals surface area contributed by atoms with Crippen LogP contribution >= 0.6 is 0 Å². The number of aryl methyl sites for hydroxylation is 1. The average Bonchev–Trinajstić information content (AvgIpc) is 3.02. The predicted octanol–water partition coefficient (Wildman–Crippen LogP) is 2.94. The maximum absolute atomic E-state index is 12.3. The van der Waals surface area contributed by atoms with E-state index in [9.17, 15) is 9.59 Å². The Kier molecular flexibility index (Phi) is 5.89. The van der Waals surface area contributed by atoms with Crippen LogP contribution in [0.5, 0.6) is 5.75 Å². The quantitative estimate of drug-likeness (QED) is 0.833. The van der Waals surface area contributed by atoms with Crippen molar-refractivity contribution in [3.63, 3.8) is 0 Å². The van der Waals surface area contributed by atoms with Crippen molar-refractivity contribution < 1.29 is 14.3 Å². The normalized spacial score (nSPS) is 16.6. The highest BCUT2D eigenvalue weighted by Crippen LogP contribution is 2.25. The van der Waals surface area contributed by atoms with E-state index < -0.39 is 0 Å². The number of nitrogens with zero attached hydrogens (tertiary/aromatic N) is 1. The Morgan fingerprint density at radius 3 is 2.77 bits per heavy atom. The minimum absolute atomic E-state index is 0.00576. The van der Waals surface area contributed by atoms with Crippen LogP contribution in [0, 0.1) is 0 Å². The molecule has 0 saturated carbocycles. The molecule has 1 heterocycles. The number of carbonyl (C=O) groups is 2. The monoisotopic (exact) mass is 352 g/mol. The number of anilines is 1. The second-order valence-corrected chi connectivity index (χ2v) is 6.51. The van der Waals surface area contributed by atoms with Crippen LogP contribution in [-0.4, -0.2) is 31.5 Å². The summed E-state index contributed by atoms with van der Waals surface area (Å²) in [6, 6.07) is 17.4. The van der Waals surface area contributed by atoms with Crippen LogP contribution in [0.2, 0.25) is 0 Å². The van der Waals surface area contributed by atoms with Crippen molar-refractivity contribution in [3.05, 3.63) is 60.2 Å². The lowest BCUT2D eigenvalue weighted by molar-refractivity contribution is -0.121. The molecule has 26 heavy (non-hydrogen) atoms. The fourth-order valence-corrected chi connectivity index (χ4v) is 3.23. The highest BCUT2D eigenvalue weighted by molar-refractivity contribution is 5.97. The van der Waals surface area contributed by atoms with Crippen LogP contribution in [-0.2, 0) is 16.0 Å².